The summed E-state index contributed by atoms with van der Waals surface area (Å²) < 4.78 is 5.64. The van der Waals surface area contributed by atoms with Crippen molar-refractivity contribution < 1.29 is 42.2 Å². The Bertz CT molecular complexity index is 204. The summed E-state index contributed by atoms with van der Waals surface area (Å²) in [7, 11) is 0. The maximum atomic E-state index is 11.7. The number of carbonyl (C=O) groups excluding carboxylic acids is 1. The van der Waals surface area contributed by atoms with Gasteiger partial charge in [-0.15, -0.1) is 0 Å². The summed E-state index contributed by atoms with van der Waals surface area (Å²) in [5.41, 5.74) is -0.368. The smallest absolute Gasteiger partial charge is 0.481 e. The number of ether oxygens (including phenoxy) is 1. The summed E-state index contributed by atoms with van der Waals surface area (Å²) in [5, 5.41) is 0. The third-order valence-electron chi connectivity index (χ3n) is 3.48. The molecule has 0 heterocycles. The summed E-state index contributed by atoms with van der Waals surface area (Å²) in [4.78, 5) is 11.7. The van der Waals surface area contributed by atoms with Crippen LogP contribution in [-0.4, -0.2) is 11.6 Å². The Morgan fingerprint density at radius 2 is 1.62 bits per heavy atom. The van der Waals surface area contributed by atoms with E-state index in [0.717, 1.165) is 12.3 Å². The molecule has 0 aromatic heterocycles. The molecule has 0 aliphatic rings. The second-order valence-corrected chi connectivity index (χ2v) is 5.02. The van der Waals surface area contributed by atoms with E-state index in [1.165, 1.54) is 0 Å². The topological polar surface area (TPSA) is 26.3 Å². The van der Waals surface area contributed by atoms with Crippen molar-refractivity contribution >= 4 is 5.97 Å². The Morgan fingerprint density at radius 3 is 1.88 bits per heavy atom. The zero-order valence-corrected chi connectivity index (χ0v) is 14.6. The molecule has 0 unspecified atom stereocenters. The summed E-state index contributed by atoms with van der Waals surface area (Å²) in [6.45, 7) is 14.2. The van der Waals surface area contributed by atoms with Gasteiger partial charge in [-0.2, -0.15) is 13.3 Å². The van der Waals surface area contributed by atoms with Crippen molar-refractivity contribution in [1.29, 1.82) is 0 Å². The largest absolute Gasteiger partial charge is 3.00 e. The van der Waals surface area contributed by atoms with Gasteiger partial charge in [0, 0.05) is 0 Å². The molecule has 16 heavy (non-hydrogen) atoms. The fourth-order valence-corrected chi connectivity index (χ4v) is 1.33. The van der Waals surface area contributed by atoms with E-state index in [2.05, 4.69) is 27.7 Å². The second-order valence-electron chi connectivity index (χ2n) is 5.02. The number of rotatable bonds is 5. The molecule has 0 saturated heterocycles. The van der Waals surface area contributed by atoms with Crippen LogP contribution in [0.25, 0.3) is 0 Å². The maximum absolute atomic E-state index is 11.7. The van der Waals surface area contributed by atoms with E-state index < -0.39 is 0 Å². The van der Waals surface area contributed by atoms with Crippen LogP contribution in [0.3, 0.4) is 0 Å². The summed E-state index contributed by atoms with van der Waals surface area (Å²) >= 11 is 0. The van der Waals surface area contributed by atoms with Gasteiger partial charge in [0.2, 0.25) is 0 Å². The molecule has 90 valence electrons. The number of hydrogen-bond donors (Lipinski definition) is 0. The van der Waals surface area contributed by atoms with Crippen molar-refractivity contribution in [1.82, 2.24) is 0 Å². The minimum absolute atomic E-state index is 0. The first kappa shape index (κ1) is 18.8. The molecule has 0 rings (SSSR count). The van der Waals surface area contributed by atoms with Crippen LogP contribution in [0.5, 0.6) is 0 Å². The van der Waals surface area contributed by atoms with E-state index in [-0.39, 0.29) is 44.3 Å². The Morgan fingerprint density at radius 1 is 1.25 bits per heavy atom. The van der Waals surface area contributed by atoms with Crippen LogP contribution in [0, 0.1) is 17.8 Å². The monoisotopic (exact) mass is 302 g/mol. The molecule has 0 atom stereocenters. The van der Waals surface area contributed by atoms with E-state index in [4.69, 9.17) is 4.74 Å². The predicted octanol–water partition coefficient (Wildman–Crippen LogP) is 3.60. The van der Waals surface area contributed by atoms with Crippen molar-refractivity contribution in [2.75, 3.05) is 0 Å². The molecule has 0 aliphatic heterocycles. The average molecular weight is 302 g/mol. The third kappa shape index (κ3) is 4.75. The Kier molecular flexibility index (Phi) is 9.06. The summed E-state index contributed by atoms with van der Waals surface area (Å²) in [6, 6.07) is 0. The minimum atomic E-state index is -0.368. The van der Waals surface area contributed by atoms with E-state index in [9.17, 15) is 4.79 Å². The van der Waals surface area contributed by atoms with E-state index in [1.54, 1.807) is 0 Å². The fraction of sp³-hybridized carbons (Fsp3) is 0.846. The SMILES string of the molecule is CC[C-](C)C(=O)OC(C)(C(C)C)C(C)C.[Y+3]. The molecule has 2 nitrogen and oxygen atoms in total. The normalized spacial score (nSPS) is 11.3. The quantitative estimate of drug-likeness (QED) is 0.573. The van der Waals surface area contributed by atoms with Crippen molar-refractivity contribution in [2.45, 2.75) is 60.5 Å². The molecule has 0 spiro atoms. The maximum Gasteiger partial charge on any atom is 3.00 e. The van der Waals surface area contributed by atoms with Gasteiger partial charge in [0.25, 0.3) is 0 Å². The van der Waals surface area contributed by atoms with Crippen LogP contribution in [0.2, 0.25) is 0 Å². The molecule has 3 heteroatoms. The van der Waals surface area contributed by atoms with E-state index in [1.807, 2.05) is 20.8 Å². The molecule has 0 saturated carbocycles. The van der Waals surface area contributed by atoms with Crippen LogP contribution in [0.15, 0.2) is 0 Å². The zero-order valence-electron chi connectivity index (χ0n) is 11.8. The molecule has 0 radical (unpaired) electrons. The van der Waals surface area contributed by atoms with E-state index >= 15 is 0 Å². The average Bonchev–Trinajstić information content (AvgIpc) is 2.15. The van der Waals surface area contributed by atoms with Gasteiger partial charge in [0.05, 0.1) is 0 Å². The number of carbonyl (C=O) groups is 1. The fourth-order valence-electron chi connectivity index (χ4n) is 1.33. The standard InChI is InChI=1S/C13H25O2.Y/c1-8-11(6)12(14)15-13(7,9(2)3)10(4)5;/h9-10H,8H2,1-7H3;/q-1;+3. The van der Waals surface area contributed by atoms with Gasteiger partial charge in [-0.05, 0) is 18.8 Å². The van der Waals surface area contributed by atoms with Gasteiger partial charge in [-0.25, -0.2) is 0 Å². The zero-order chi connectivity index (χ0) is 12.2. The van der Waals surface area contributed by atoms with E-state index in [0.29, 0.717) is 11.8 Å². The second kappa shape index (κ2) is 7.71. The van der Waals surface area contributed by atoms with Crippen molar-refractivity contribution in [3.05, 3.63) is 5.92 Å². The van der Waals surface area contributed by atoms with Crippen LogP contribution in [-0.2, 0) is 42.2 Å². The van der Waals surface area contributed by atoms with Gasteiger partial charge >= 0.3 is 32.7 Å². The van der Waals surface area contributed by atoms with Gasteiger partial charge in [0.1, 0.15) is 5.60 Å². The Balaban J connectivity index is 0. The minimum Gasteiger partial charge on any atom is -0.481 e. The molecule has 0 aromatic carbocycles. The van der Waals surface area contributed by atoms with Crippen molar-refractivity contribution in [3.8, 4) is 0 Å². The van der Waals surface area contributed by atoms with Crippen molar-refractivity contribution in [3.63, 3.8) is 0 Å². The van der Waals surface area contributed by atoms with Crippen LogP contribution < -0.4 is 0 Å². The molecule has 0 aliphatic carbocycles. The van der Waals surface area contributed by atoms with Gasteiger partial charge < -0.3 is 4.74 Å². The molecular formula is C13H25O2Y+2. The van der Waals surface area contributed by atoms with Crippen LogP contribution >= 0.6 is 0 Å². The summed E-state index contributed by atoms with van der Waals surface area (Å²) in [6.07, 6.45) is 0.755. The molecule has 0 amide bonds. The van der Waals surface area contributed by atoms with Crippen molar-refractivity contribution in [2.24, 2.45) is 11.8 Å². The van der Waals surface area contributed by atoms with Crippen LogP contribution in [0.1, 0.15) is 54.9 Å². The molecular weight excluding hydrogens is 277 g/mol. The Hall–Kier alpha value is 0.444. The third-order valence-corrected chi connectivity index (χ3v) is 3.48. The molecule has 0 fully saturated rings. The Labute approximate surface area is 126 Å². The molecule has 0 bridgehead atoms. The molecule has 0 N–H and O–H groups in total. The molecule has 0 aromatic rings. The number of hydrogen-bond acceptors (Lipinski definition) is 2. The summed E-state index contributed by atoms with van der Waals surface area (Å²) in [5.74, 6) is 1.29. The van der Waals surface area contributed by atoms with Gasteiger partial charge in [0.15, 0.2) is 5.97 Å². The van der Waals surface area contributed by atoms with Crippen LogP contribution in [0.4, 0.5) is 0 Å². The first-order valence-corrected chi connectivity index (χ1v) is 5.81. The number of esters is 1. The predicted molar refractivity (Wildman–Crippen MR) is 63.4 cm³/mol. The first-order valence-electron chi connectivity index (χ1n) is 5.81. The van der Waals surface area contributed by atoms with Gasteiger partial charge in [-0.1, -0.05) is 34.6 Å². The van der Waals surface area contributed by atoms with Gasteiger partial charge in [-0.3, -0.25) is 10.7 Å². The first-order chi connectivity index (χ1) is 6.75.